The number of carbonyl (C=O) groups excluding carboxylic acids is 1. The lowest BCUT2D eigenvalue weighted by Crippen LogP contribution is -2.46. The number of hydrogen-bond donors (Lipinski definition) is 4. The maximum atomic E-state index is 12.4. The van der Waals surface area contributed by atoms with Crippen molar-refractivity contribution < 1.29 is 20.1 Å². The van der Waals surface area contributed by atoms with Crippen LogP contribution >= 0.6 is 0 Å². The minimum atomic E-state index is -0.743. The second kappa shape index (κ2) is 40.1. The third-order valence-electron chi connectivity index (χ3n) is 10.7. The molecule has 4 N–H and O–H groups in total. The quantitative estimate of drug-likeness (QED) is 0.0479. The number of hydrogen-bond acceptors (Lipinski definition) is 4. The highest BCUT2D eigenvalue weighted by molar-refractivity contribution is 5.76. The second-order valence-electron chi connectivity index (χ2n) is 15.7. The number of rotatable bonds is 41. The lowest BCUT2D eigenvalue weighted by atomic mass is 10.0. The van der Waals surface area contributed by atoms with E-state index in [9.17, 15) is 20.1 Å². The average Bonchev–Trinajstić information content (AvgIpc) is 3.09. The molecule has 0 aromatic heterocycles. The number of carbonyl (C=O) groups is 1. The molecule has 0 saturated heterocycles. The minimum Gasteiger partial charge on any atom is -0.394 e. The van der Waals surface area contributed by atoms with Gasteiger partial charge in [0.25, 0.3) is 0 Å². The van der Waals surface area contributed by atoms with Crippen LogP contribution < -0.4 is 5.32 Å². The third kappa shape index (κ3) is 36.9. The topological polar surface area (TPSA) is 89.8 Å². The highest BCUT2D eigenvalue weighted by Crippen LogP contribution is 2.17. The predicted octanol–water partition coefficient (Wildman–Crippen LogP) is 12.7. The summed E-state index contributed by atoms with van der Waals surface area (Å²) in [5.41, 5.74) is 0. The Balaban J connectivity index is 3.58. The van der Waals surface area contributed by atoms with Crippen molar-refractivity contribution in [2.24, 2.45) is 0 Å². The van der Waals surface area contributed by atoms with Crippen LogP contribution in [0.5, 0.6) is 0 Å². The first kappa shape index (κ1) is 48.3. The Morgan fingerprint density at radius 2 is 0.694 bits per heavy atom. The summed E-state index contributed by atoms with van der Waals surface area (Å²) in [4.78, 5) is 12.4. The summed E-state index contributed by atoms with van der Waals surface area (Å²) in [7, 11) is 0. The maximum absolute atomic E-state index is 12.4. The van der Waals surface area contributed by atoms with E-state index in [1.165, 1.54) is 193 Å². The minimum absolute atomic E-state index is 0.0428. The van der Waals surface area contributed by atoms with E-state index in [4.69, 9.17) is 0 Å². The zero-order valence-electron chi connectivity index (χ0n) is 33.4. The van der Waals surface area contributed by atoms with Crippen molar-refractivity contribution >= 4 is 5.91 Å². The van der Waals surface area contributed by atoms with Crippen molar-refractivity contribution in [3.8, 4) is 0 Å². The zero-order valence-corrected chi connectivity index (χ0v) is 33.4. The van der Waals surface area contributed by atoms with E-state index in [2.05, 4.69) is 19.2 Å². The lowest BCUT2D eigenvalue weighted by molar-refractivity contribution is -0.125. The molecular weight excluding hydrogens is 606 g/mol. The summed E-state index contributed by atoms with van der Waals surface area (Å²) in [5, 5.41) is 33.4. The van der Waals surface area contributed by atoms with Crippen LogP contribution in [-0.2, 0) is 4.79 Å². The molecule has 0 spiro atoms. The van der Waals surface area contributed by atoms with Crippen LogP contribution in [0.3, 0.4) is 0 Å². The first-order chi connectivity index (χ1) is 24.0. The Labute approximate surface area is 307 Å². The van der Waals surface area contributed by atoms with Crippen LogP contribution in [-0.4, -0.2) is 46.1 Å². The number of unbranched alkanes of at least 4 members (excludes halogenated alkanes) is 32. The first-order valence-electron chi connectivity index (χ1n) is 22.3. The van der Waals surface area contributed by atoms with Crippen LogP contribution in [0.4, 0.5) is 0 Å². The van der Waals surface area contributed by atoms with Gasteiger partial charge < -0.3 is 20.6 Å². The van der Waals surface area contributed by atoms with Gasteiger partial charge in [-0.25, -0.2) is 0 Å². The molecular formula is C44H89NO4. The molecule has 5 nitrogen and oxygen atoms in total. The molecule has 0 aromatic carbocycles. The van der Waals surface area contributed by atoms with E-state index < -0.39 is 18.2 Å². The summed E-state index contributed by atoms with van der Waals surface area (Å²) in [6, 6.07) is -0.652. The molecule has 0 fully saturated rings. The number of aliphatic hydroxyl groups excluding tert-OH is 3. The predicted molar refractivity (Wildman–Crippen MR) is 213 cm³/mol. The molecule has 0 saturated carbocycles. The monoisotopic (exact) mass is 696 g/mol. The number of nitrogens with one attached hydrogen (secondary N) is 1. The molecule has 3 unspecified atom stereocenters. The van der Waals surface area contributed by atoms with Gasteiger partial charge in [-0.3, -0.25) is 4.79 Å². The van der Waals surface area contributed by atoms with E-state index in [1.807, 2.05) is 0 Å². The van der Waals surface area contributed by atoms with Crippen LogP contribution in [0.1, 0.15) is 251 Å². The Kier molecular flexibility index (Phi) is 39.6. The van der Waals surface area contributed by atoms with Crippen molar-refractivity contribution in [3.05, 3.63) is 0 Å². The number of aliphatic hydroxyl groups is 3. The van der Waals surface area contributed by atoms with Gasteiger partial charge in [-0.15, -0.1) is 0 Å². The van der Waals surface area contributed by atoms with E-state index >= 15 is 0 Å². The molecule has 0 rings (SSSR count). The van der Waals surface area contributed by atoms with Crippen molar-refractivity contribution in [3.63, 3.8) is 0 Å². The smallest absolute Gasteiger partial charge is 0.222 e. The molecule has 0 aliphatic heterocycles. The molecule has 5 heteroatoms. The Hall–Kier alpha value is -0.650. The normalized spacial score (nSPS) is 13.5. The molecule has 0 radical (unpaired) electrons. The molecule has 0 aromatic rings. The average molecular weight is 696 g/mol. The molecule has 0 aliphatic carbocycles. The van der Waals surface area contributed by atoms with E-state index in [0.717, 1.165) is 25.7 Å². The van der Waals surface area contributed by atoms with Gasteiger partial charge >= 0.3 is 0 Å². The van der Waals surface area contributed by atoms with Gasteiger partial charge in [0.05, 0.1) is 31.3 Å². The van der Waals surface area contributed by atoms with E-state index in [1.54, 1.807) is 0 Å². The zero-order chi connectivity index (χ0) is 35.9. The molecule has 0 bridgehead atoms. The Morgan fingerprint density at radius 1 is 0.429 bits per heavy atom. The second-order valence-corrected chi connectivity index (χ2v) is 15.7. The van der Waals surface area contributed by atoms with Crippen molar-refractivity contribution in [2.75, 3.05) is 6.61 Å². The van der Waals surface area contributed by atoms with Crippen LogP contribution in [0.15, 0.2) is 0 Å². The Bertz CT molecular complexity index is 644. The summed E-state index contributed by atoms with van der Waals surface area (Å²) in [6.45, 7) is 4.28. The third-order valence-corrected chi connectivity index (χ3v) is 10.7. The van der Waals surface area contributed by atoms with Gasteiger partial charge in [0.15, 0.2) is 0 Å². The molecule has 1 amide bonds. The van der Waals surface area contributed by atoms with Gasteiger partial charge in [0, 0.05) is 0 Å². The molecule has 294 valence electrons. The molecule has 49 heavy (non-hydrogen) atoms. The summed E-state index contributed by atoms with van der Waals surface area (Å²) in [5.74, 6) is -0.278. The molecule has 3 atom stereocenters. The molecule has 0 heterocycles. The van der Waals surface area contributed by atoms with Gasteiger partial charge in [-0.1, -0.05) is 232 Å². The van der Waals surface area contributed by atoms with Gasteiger partial charge in [0.2, 0.25) is 5.91 Å². The maximum Gasteiger partial charge on any atom is 0.222 e. The first-order valence-corrected chi connectivity index (χ1v) is 22.3. The van der Waals surface area contributed by atoms with E-state index in [-0.39, 0.29) is 18.9 Å². The van der Waals surface area contributed by atoms with E-state index in [0.29, 0.717) is 12.8 Å². The Morgan fingerprint density at radius 3 is 0.980 bits per heavy atom. The van der Waals surface area contributed by atoms with Crippen molar-refractivity contribution in [1.82, 2.24) is 5.32 Å². The summed E-state index contributed by atoms with van der Waals surface area (Å²) >= 11 is 0. The van der Waals surface area contributed by atoms with Gasteiger partial charge in [0.1, 0.15) is 0 Å². The van der Waals surface area contributed by atoms with Crippen LogP contribution in [0, 0.1) is 0 Å². The summed E-state index contributed by atoms with van der Waals surface area (Å²) < 4.78 is 0. The molecule has 0 aliphatic rings. The SMILES string of the molecule is CCCCCCCCCCCCCCCCCCCCC(O)C(CO)NC(=O)CC(O)CCCCCCCCCCCCCCCCCC. The standard InChI is InChI=1S/C44H89NO4/c1-3-5-7-9-11-13-15-17-19-21-22-24-26-28-30-32-34-36-38-43(48)42(40-46)45-44(49)39-41(47)37-35-33-31-29-27-25-23-20-18-16-14-12-10-8-6-4-2/h41-43,46-48H,3-40H2,1-2H3,(H,45,49). The van der Waals surface area contributed by atoms with Gasteiger partial charge in [-0.2, -0.15) is 0 Å². The van der Waals surface area contributed by atoms with Crippen LogP contribution in [0.25, 0.3) is 0 Å². The highest BCUT2D eigenvalue weighted by atomic mass is 16.3. The largest absolute Gasteiger partial charge is 0.394 e. The fourth-order valence-electron chi connectivity index (χ4n) is 7.23. The number of amides is 1. The van der Waals surface area contributed by atoms with Crippen molar-refractivity contribution in [2.45, 2.75) is 270 Å². The fraction of sp³-hybridized carbons (Fsp3) is 0.977. The van der Waals surface area contributed by atoms with Crippen LogP contribution in [0.2, 0.25) is 0 Å². The lowest BCUT2D eigenvalue weighted by Gasteiger charge is -2.23. The summed E-state index contributed by atoms with van der Waals surface area (Å²) in [6.07, 6.45) is 45.0. The van der Waals surface area contributed by atoms with Gasteiger partial charge in [-0.05, 0) is 12.8 Å². The van der Waals surface area contributed by atoms with Crippen molar-refractivity contribution in [1.29, 1.82) is 0 Å². The fourth-order valence-corrected chi connectivity index (χ4v) is 7.23. The highest BCUT2D eigenvalue weighted by Gasteiger charge is 2.21.